The summed E-state index contributed by atoms with van der Waals surface area (Å²) in [5, 5.41) is 9.21. The first-order chi connectivity index (χ1) is 12.0. The van der Waals surface area contributed by atoms with Crippen molar-refractivity contribution < 1.29 is 9.47 Å². The maximum absolute atomic E-state index is 6.14. The zero-order valence-electron chi connectivity index (χ0n) is 16.1. The highest BCUT2D eigenvalue weighted by atomic mass is 16.6. The molecular weight excluding hydrogens is 314 g/mol. The quantitative estimate of drug-likeness (QED) is 0.841. The van der Waals surface area contributed by atoms with Crippen molar-refractivity contribution in [3.05, 3.63) is 17.3 Å². The van der Waals surface area contributed by atoms with Crippen molar-refractivity contribution in [3.8, 4) is 0 Å². The summed E-state index contributed by atoms with van der Waals surface area (Å²) in [6, 6.07) is 2.27. The lowest BCUT2D eigenvalue weighted by atomic mass is 9.67. The Kier molecular flexibility index (Phi) is 4.08. The van der Waals surface area contributed by atoms with Gasteiger partial charge >= 0.3 is 0 Å². The standard InChI is InChI=1S/C20H31N3O2/c1-18(2)10-7-15-13-16(21-22-17(15)18)23-12-11-19(24-3)8-5-6-9-20(19,14-23)25-4/h13H,5-12,14H2,1-4H3/t19-,20+/m0/s1. The number of rotatable bonds is 3. The number of nitrogens with zero attached hydrogens (tertiary/aromatic N) is 3. The first-order valence-electron chi connectivity index (χ1n) is 9.68. The molecule has 2 atom stereocenters. The van der Waals surface area contributed by atoms with Crippen molar-refractivity contribution in [1.29, 1.82) is 0 Å². The highest BCUT2D eigenvalue weighted by Crippen LogP contribution is 2.48. The normalized spacial score (nSPS) is 33.8. The molecule has 1 aromatic heterocycles. The number of piperidine rings is 1. The molecule has 0 N–H and O–H groups in total. The molecule has 1 aliphatic heterocycles. The minimum atomic E-state index is -0.238. The molecule has 1 saturated carbocycles. The Morgan fingerprint density at radius 2 is 1.68 bits per heavy atom. The number of aryl methyl sites for hydroxylation is 1. The third-order valence-corrected chi connectivity index (χ3v) is 7.10. The van der Waals surface area contributed by atoms with Gasteiger partial charge in [0.2, 0.25) is 0 Å². The third-order valence-electron chi connectivity index (χ3n) is 7.10. The van der Waals surface area contributed by atoms with E-state index in [1.807, 2.05) is 14.2 Å². The highest BCUT2D eigenvalue weighted by Gasteiger charge is 2.57. The molecule has 1 aromatic rings. The molecule has 0 unspecified atom stereocenters. The van der Waals surface area contributed by atoms with Gasteiger partial charge < -0.3 is 14.4 Å². The second-order valence-electron chi connectivity index (χ2n) is 8.74. The molecule has 4 rings (SSSR count). The number of methoxy groups -OCH3 is 2. The summed E-state index contributed by atoms with van der Waals surface area (Å²) in [5.41, 5.74) is 2.32. The number of fused-ring (bicyclic) bond motifs is 2. The van der Waals surface area contributed by atoms with E-state index >= 15 is 0 Å². The summed E-state index contributed by atoms with van der Waals surface area (Å²) in [6.45, 7) is 6.33. The maximum atomic E-state index is 6.14. The van der Waals surface area contributed by atoms with Crippen LogP contribution in [0.1, 0.15) is 63.6 Å². The van der Waals surface area contributed by atoms with Crippen LogP contribution >= 0.6 is 0 Å². The second-order valence-corrected chi connectivity index (χ2v) is 8.74. The maximum Gasteiger partial charge on any atom is 0.151 e. The van der Waals surface area contributed by atoms with Crippen LogP contribution in [0.4, 0.5) is 5.82 Å². The average molecular weight is 345 g/mol. The minimum Gasteiger partial charge on any atom is -0.375 e. The van der Waals surface area contributed by atoms with E-state index in [-0.39, 0.29) is 16.6 Å². The number of hydrogen-bond donors (Lipinski definition) is 0. The number of ether oxygens (including phenoxy) is 2. The van der Waals surface area contributed by atoms with Crippen LogP contribution in [-0.2, 0) is 21.3 Å². The van der Waals surface area contributed by atoms with Gasteiger partial charge in [0, 0.05) is 26.2 Å². The topological polar surface area (TPSA) is 47.5 Å². The van der Waals surface area contributed by atoms with E-state index in [4.69, 9.17) is 9.47 Å². The van der Waals surface area contributed by atoms with Crippen LogP contribution in [-0.4, -0.2) is 48.7 Å². The van der Waals surface area contributed by atoms with Crippen molar-refractivity contribution in [3.63, 3.8) is 0 Å². The average Bonchev–Trinajstić information content (AvgIpc) is 2.95. The third kappa shape index (κ3) is 2.50. The van der Waals surface area contributed by atoms with E-state index in [2.05, 4.69) is 35.0 Å². The van der Waals surface area contributed by atoms with Gasteiger partial charge in [0.25, 0.3) is 0 Å². The predicted octanol–water partition coefficient (Wildman–Crippen LogP) is 3.25. The van der Waals surface area contributed by atoms with Crippen LogP contribution in [0.3, 0.4) is 0 Å². The largest absolute Gasteiger partial charge is 0.375 e. The molecule has 2 heterocycles. The zero-order chi connectivity index (χ0) is 17.7. The fraction of sp³-hybridized carbons (Fsp3) is 0.800. The van der Waals surface area contributed by atoms with Gasteiger partial charge in [-0.1, -0.05) is 26.7 Å². The molecular formula is C20H31N3O2. The van der Waals surface area contributed by atoms with E-state index in [0.29, 0.717) is 0 Å². The van der Waals surface area contributed by atoms with Crippen molar-refractivity contribution in [1.82, 2.24) is 10.2 Å². The number of aromatic nitrogens is 2. The first-order valence-corrected chi connectivity index (χ1v) is 9.68. The van der Waals surface area contributed by atoms with Crippen molar-refractivity contribution in [2.45, 2.75) is 75.4 Å². The van der Waals surface area contributed by atoms with Crippen LogP contribution in [0.15, 0.2) is 6.07 Å². The van der Waals surface area contributed by atoms with Crippen molar-refractivity contribution in [2.75, 3.05) is 32.2 Å². The zero-order valence-corrected chi connectivity index (χ0v) is 16.1. The second kappa shape index (κ2) is 5.92. The smallest absolute Gasteiger partial charge is 0.151 e. The Morgan fingerprint density at radius 1 is 0.960 bits per heavy atom. The van der Waals surface area contributed by atoms with Gasteiger partial charge in [-0.3, -0.25) is 0 Å². The van der Waals surface area contributed by atoms with E-state index < -0.39 is 0 Å². The SMILES string of the molecule is CO[C@]12CCCC[C@@]1(OC)CN(c1cc3c(nn1)C(C)(C)CC3)CC2. The molecule has 1 saturated heterocycles. The lowest BCUT2D eigenvalue weighted by molar-refractivity contribution is -0.212. The summed E-state index contributed by atoms with van der Waals surface area (Å²) >= 11 is 0. The molecule has 0 bridgehead atoms. The van der Waals surface area contributed by atoms with E-state index in [1.54, 1.807) is 0 Å². The molecule has 0 radical (unpaired) electrons. The van der Waals surface area contributed by atoms with E-state index in [1.165, 1.54) is 24.1 Å². The summed E-state index contributed by atoms with van der Waals surface area (Å²) in [4.78, 5) is 2.37. The summed E-state index contributed by atoms with van der Waals surface area (Å²) in [5.74, 6) is 1.00. The van der Waals surface area contributed by atoms with Gasteiger partial charge in [0.15, 0.2) is 5.82 Å². The minimum absolute atomic E-state index is 0.150. The molecule has 0 spiro atoms. The summed E-state index contributed by atoms with van der Waals surface area (Å²) in [6.07, 6.45) is 7.84. The van der Waals surface area contributed by atoms with Crippen molar-refractivity contribution in [2.24, 2.45) is 0 Å². The number of hydrogen-bond acceptors (Lipinski definition) is 5. The van der Waals surface area contributed by atoms with Crippen LogP contribution in [0.5, 0.6) is 0 Å². The van der Waals surface area contributed by atoms with Crippen LogP contribution in [0, 0.1) is 0 Å². The van der Waals surface area contributed by atoms with Gasteiger partial charge in [-0.05, 0) is 43.7 Å². The van der Waals surface area contributed by atoms with Crippen molar-refractivity contribution >= 4 is 5.82 Å². The molecule has 5 heteroatoms. The first kappa shape index (κ1) is 17.2. The Morgan fingerprint density at radius 3 is 2.40 bits per heavy atom. The lowest BCUT2D eigenvalue weighted by Crippen LogP contribution is -2.68. The molecule has 0 amide bonds. The molecule has 138 valence electrons. The van der Waals surface area contributed by atoms with Crippen LogP contribution in [0.25, 0.3) is 0 Å². The lowest BCUT2D eigenvalue weighted by Gasteiger charge is -2.57. The fourth-order valence-electron chi connectivity index (χ4n) is 5.39. The Balaban J connectivity index is 1.63. The predicted molar refractivity (Wildman–Crippen MR) is 98.2 cm³/mol. The van der Waals surface area contributed by atoms with Gasteiger partial charge in [-0.25, -0.2) is 0 Å². The fourth-order valence-corrected chi connectivity index (χ4v) is 5.39. The summed E-state index contributed by atoms with van der Waals surface area (Å²) in [7, 11) is 3.70. The molecule has 2 fully saturated rings. The Bertz CT molecular complexity index is 662. The molecule has 5 nitrogen and oxygen atoms in total. The monoisotopic (exact) mass is 345 g/mol. The highest BCUT2D eigenvalue weighted by molar-refractivity contribution is 5.46. The Hall–Kier alpha value is -1.20. The van der Waals surface area contributed by atoms with Gasteiger partial charge in [-0.15, -0.1) is 5.10 Å². The number of anilines is 1. The summed E-state index contributed by atoms with van der Waals surface area (Å²) < 4.78 is 12.2. The van der Waals surface area contributed by atoms with Gasteiger partial charge in [-0.2, -0.15) is 5.10 Å². The van der Waals surface area contributed by atoms with E-state index in [9.17, 15) is 0 Å². The molecule has 3 aliphatic rings. The molecule has 0 aromatic carbocycles. The van der Waals surface area contributed by atoms with Gasteiger partial charge in [0.05, 0.1) is 12.2 Å². The van der Waals surface area contributed by atoms with Gasteiger partial charge in [0.1, 0.15) is 11.2 Å². The van der Waals surface area contributed by atoms with E-state index in [0.717, 1.165) is 51.0 Å². The Labute approximate surface area is 151 Å². The van der Waals surface area contributed by atoms with Crippen LogP contribution in [0.2, 0.25) is 0 Å². The van der Waals surface area contributed by atoms with Crippen LogP contribution < -0.4 is 4.90 Å². The molecule has 25 heavy (non-hydrogen) atoms. The molecule has 2 aliphatic carbocycles.